The summed E-state index contributed by atoms with van der Waals surface area (Å²) in [6, 6.07) is 5.01. The summed E-state index contributed by atoms with van der Waals surface area (Å²) >= 11 is 0. The van der Waals surface area contributed by atoms with Gasteiger partial charge in [0.2, 0.25) is 0 Å². The van der Waals surface area contributed by atoms with E-state index in [1.54, 1.807) is 32.0 Å². The van der Waals surface area contributed by atoms with Gasteiger partial charge in [0.25, 0.3) is 0 Å². The highest BCUT2D eigenvalue weighted by Gasteiger charge is 2.25. The van der Waals surface area contributed by atoms with Crippen LogP contribution in [0.4, 0.5) is 11.4 Å². The summed E-state index contributed by atoms with van der Waals surface area (Å²) in [6.07, 6.45) is 0.263. The minimum atomic E-state index is -3.29. The second-order valence-corrected chi connectivity index (χ2v) is 8.48. The van der Waals surface area contributed by atoms with Gasteiger partial charge < -0.3 is 15.4 Å². The average molecular weight is 312 g/mol. The van der Waals surface area contributed by atoms with Gasteiger partial charge in [0, 0.05) is 13.1 Å². The molecule has 0 aliphatic carbocycles. The van der Waals surface area contributed by atoms with Gasteiger partial charge in [0.1, 0.15) is 0 Å². The SMILES string of the molecule is CC1CN(c2ccc(S(=O)(=O)C(C)C)cc2N)CC(C)O1. The summed E-state index contributed by atoms with van der Waals surface area (Å²) in [5.41, 5.74) is 7.47. The molecule has 1 saturated heterocycles. The van der Waals surface area contributed by atoms with Crippen LogP contribution in [0, 0.1) is 0 Å². The van der Waals surface area contributed by atoms with Crippen molar-refractivity contribution in [3.8, 4) is 0 Å². The third-order valence-corrected chi connectivity index (χ3v) is 5.86. The first kappa shape index (κ1) is 16.1. The Hall–Kier alpha value is -1.27. The quantitative estimate of drug-likeness (QED) is 0.865. The van der Waals surface area contributed by atoms with Crippen LogP contribution >= 0.6 is 0 Å². The highest BCUT2D eigenvalue weighted by atomic mass is 32.2. The van der Waals surface area contributed by atoms with Crippen molar-refractivity contribution in [2.45, 2.75) is 50.0 Å². The Morgan fingerprint density at radius 2 is 1.81 bits per heavy atom. The van der Waals surface area contributed by atoms with Crippen LogP contribution in [0.25, 0.3) is 0 Å². The molecular formula is C15H24N2O3S. The van der Waals surface area contributed by atoms with Crippen LogP contribution in [-0.2, 0) is 14.6 Å². The smallest absolute Gasteiger partial charge is 0.180 e. The van der Waals surface area contributed by atoms with E-state index in [-0.39, 0.29) is 17.1 Å². The topological polar surface area (TPSA) is 72.6 Å². The molecule has 0 spiro atoms. The molecule has 1 fully saturated rings. The first-order valence-corrected chi connectivity index (χ1v) is 8.80. The number of hydrogen-bond donors (Lipinski definition) is 1. The fourth-order valence-corrected chi connectivity index (χ4v) is 3.74. The highest BCUT2D eigenvalue weighted by Crippen LogP contribution is 2.30. The Balaban J connectivity index is 2.32. The van der Waals surface area contributed by atoms with Crippen molar-refractivity contribution in [3.05, 3.63) is 18.2 Å². The molecule has 21 heavy (non-hydrogen) atoms. The third-order valence-electron chi connectivity index (χ3n) is 3.71. The lowest BCUT2D eigenvalue weighted by Gasteiger charge is -2.37. The van der Waals surface area contributed by atoms with Gasteiger partial charge in [-0.2, -0.15) is 0 Å². The van der Waals surface area contributed by atoms with E-state index in [4.69, 9.17) is 10.5 Å². The fraction of sp³-hybridized carbons (Fsp3) is 0.600. The van der Waals surface area contributed by atoms with Gasteiger partial charge in [0.15, 0.2) is 9.84 Å². The lowest BCUT2D eigenvalue weighted by Crippen LogP contribution is -2.45. The van der Waals surface area contributed by atoms with Crippen LogP contribution < -0.4 is 10.6 Å². The minimum Gasteiger partial charge on any atom is -0.397 e. The Morgan fingerprint density at radius 1 is 1.24 bits per heavy atom. The molecule has 5 nitrogen and oxygen atoms in total. The molecule has 2 atom stereocenters. The maximum Gasteiger partial charge on any atom is 0.180 e. The number of benzene rings is 1. The van der Waals surface area contributed by atoms with Gasteiger partial charge in [-0.05, 0) is 45.9 Å². The van der Waals surface area contributed by atoms with Crippen LogP contribution in [0.15, 0.2) is 23.1 Å². The minimum absolute atomic E-state index is 0.132. The number of nitrogen functional groups attached to an aromatic ring is 1. The molecular weight excluding hydrogens is 288 g/mol. The molecule has 2 N–H and O–H groups in total. The Kier molecular flexibility index (Phi) is 4.49. The van der Waals surface area contributed by atoms with Crippen molar-refractivity contribution < 1.29 is 13.2 Å². The number of ether oxygens (including phenoxy) is 1. The van der Waals surface area contributed by atoms with E-state index in [0.29, 0.717) is 5.69 Å². The zero-order valence-corrected chi connectivity index (χ0v) is 13.9. The summed E-state index contributed by atoms with van der Waals surface area (Å²) in [5.74, 6) is 0. The average Bonchev–Trinajstić information content (AvgIpc) is 2.37. The molecule has 1 aliphatic heterocycles. The zero-order chi connectivity index (χ0) is 15.8. The third kappa shape index (κ3) is 3.32. The first-order valence-electron chi connectivity index (χ1n) is 7.25. The van der Waals surface area contributed by atoms with Gasteiger partial charge in [0.05, 0.1) is 33.7 Å². The molecule has 1 aromatic carbocycles. The molecule has 0 bridgehead atoms. The summed E-state index contributed by atoms with van der Waals surface area (Å²) in [5, 5.41) is -0.453. The molecule has 1 aromatic rings. The normalized spacial score (nSPS) is 23.6. The van der Waals surface area contributed by atoms with Crippen LogP contribution in [0.2, 0.25) is 0 Å². The van der Waals surface area contributed by atoms with Gasteiger partial charge in [-0.3, -0.25) is 0 Å². The number of morpholine rings is 1. The monoisotopic (exact) mass is 312 g/mol. The van der Waals surface area contributed by atoms with E-state index in [9.17, 15) is 8.42 Å². The van der Waals surface area contributed by atoms with Crippen LogP contribution in [-0.4, -0.2) is 39.0 Å². The lowest BCUT2D eigenvalue weighted by molar-refractivity contribution is -0.00517. The van der Waals surface area contributed by atoms with Crippen molar-refractivity contribution in [1.82, 2.24) is 0 Å². The molecule has 2 unspecified atom stereocenters. The number of sulfone groups is 1. The maximum absolute atomic E-state index is 12.2. The molecule has 6 heteroatoms. The molecule has 1 heterocycles. The van der Waals surface area contributed by atoms with Crippen molar-refractivity contribution >= 4 is 21.2 Å². The second kappa shape index (κ2) is 5.85. The molecule has 1 aliphatic rings. The zero-order valence-electron chi connectivity index (χ0n) is 13.0. The van der Waals surface area contributed by atoms with E-state index in [2.05, 4.69) is 4.90 Å². The lowest BCUT2D eigenvalue weighted by atomic mass is 10.2. The van der Waals surface area contributed by atoms with Crippen molar-refractivity contribution in [3.63, 3.8) is 0 Å². The largest absolute Gasteiger partial charge is 0.397 e. The molecule has 118 valence electrons. The Labute approximate surface area is 127 Å². The second-order valence-electron chi connectivity index (χ2n) is 5.98. The van der Waals surface area contributed by atoms with E-state index in [1.807, 2.05) is 13.8 Å². The molecule has 0 saturated carbocycles. The van der Waals surface area contributed by atoms with Crippen LogP contribution in [0.5, 0.6) is 0 Å². The van der Waals surface area contributed by atoms with Crippen molar-refractivity contribution in [2.75, 3.05) is 23.7 Å². The van der Waals surface area contributed by atoms with E-state index >= 15 is 0 Å². The van der Waals surface area contributed by atoms with E-state index in [0.717, 1.165) is 18.8 Å². The summed E-state index contributed by atoms with van der Waals surface area (Å²) in [7, 11) is -3.29. The molecule has 0 radical (unpaired) electrons. The number of nitrogens with zero attached hydrogens (tertiary/aromatic N) is 1. The molecule has 0 amide bonds. The number of nitrogens with two attached hydrogens (primary N) is 1. The first-order chi connectivity index (χ1) is 9.71. The number of rotatable bonds is 3. The summed E-state index contributed by atoms with van der Waals surface area (Å²) in [6.45, 7) is 8.90. The summed E-state index contributed by atoms with van der Waals surface area (Å²) < 4.78 is 30.1. The van der Waals surface area contributed by atoms with Crippen LogP contribution in [0.1, 0.15) is 27.7 Å². The number of anilines is 2. The van der Waals surface area contributed by atoms with Gasteiger partial charge in [-0.25, -0.2) is 8.42 Å². The Morgan fingerprint density at radius 3 is 2.29 bits per heavy atom. The molecule has 0 aromatic heterocycles. The van der Waals surface area contributed by atoms with Crippen LogP contribution in [0.3, 0.4) is 0 Å². The predicted octanol–water partition coefficient (Wildman–Crippen LogP) is 2.06. The van der Waals surface area contributed by atoms with Crippen molar-refractivity contribution in [1.29, 1.82) is 0 Å². The number of hydrogen-bond acceptors (Lipinski definition) is 5. The molecule has 2 rings (SSSR count). The van der Waals surface area contributed by atoms with Gasteiger partial charge in [-0.15, -0.1) is 0 Å². The Bertz CT molecular complexity index is 603. The van der Waals surface area contributed by atoms with Gasteiger partial charge in [-0.1, -0.05) is 0 Å². The predicted molar refractivity (Wildman–Crippen MR) is 85.4 cm³/mol. The van der Waals surface area contributed by atoms with Crippen molar-refractivity contribution in [2.24, 2.45) is 0 Å². The summed E-state index contributed by atoms with van der Waals surface area (Å²) in [4.78, 5) is 2.44. The standard InChI is InChI=1S/C15H24N2O3S/c1-10(2)21(18,19)13-5-6-15(14(16)7-13)17-8-11(3)20-12(4)9-17/h5-7,10-12H,8-9,16H2,1-4H3. The fourth-order valence-electron chi connectivity index (χ4n) is 2.64. The van der Waals surface area contributed by atoms with Gasteiger partial charge >= 0.3 is 0 Å². The van der Waals surface area contributed by atoms with E-state index < -0.39 is 15.1 Å². The highest BCUT2D eigenvalue weighted by molar-refractivity contribution is 7.92. The maximum atomic E-state index is 12.2. The van der Waals surface area contributed by atoms with E-state index in [1.165, 1.54) is 0 Å².